The minimum Gasteiger partial charge on any atom is -0.384 e. The second-order valence-electron chi connectivity index (χ2n) is 5.40. The van der Waals surface area contributed by atoms with E-state index >= 15 is 0 Å². The lowest BCUT2D eigenvalue weighted by Crippen LogP contribution is -2.33. The molecule has 1 atom stereocenters. The molecule has 1 unspecified atom stereocenters. The van der Waals surface area contributed by atoms with E-state index < -0.39 is 0 Å². The summed E-state index contributed by atoms with van der Waals surface area (Å²) in [5.74, 6) is -0.459. The van der Waals surface area contributed by atoms with Crippen molar-refractivity contribution < 1.29 is 9.13 Å². The van der Waals surface area contributed by atoms with Crippen molar-refractivity contribution in [2.24, 2.45) is 5.73 Å². The van der Waals surface area contributed by atoms with Crippen molar-refractivity contribution in [3.05, 3.63) is 35.1 Å². The number of benzene rings is 1. The van der Waals surface area contributed by atoms with Crippen LogP contribution in [0.25, 0.3) is 0 Å². The van der Waals surface area contributed by atoms with E-state index in [4.69, 9.17) is 15.9 Å². The van der Waals surface area contributed by atoms with Gasteiger partial charge < -0.3 is 10.5 Å². The predicted molar refractivity (Wildman–Crippen MR) is 77.3 cm³/mol. The lowest BCUT2D eigenvalue weighted by atomic mass is 10.0. The predicted octanol–water partition coefficient (Wildman–Crippen LogP) is 2.11. The topological polar surface area (TPSA) is 62.3 Å². The second-order valence-corrected chi connectivity index (χ2v) is 5.40. The molecule has 110 valence electrons. The van der Waals surface area contributed by atoms with E-state index in [2.05, 4.69) is 4.90 Å². The third-order valence-corrected chi connectivity index (χ3v) is 3.59. The van der Waals surface area contributed by atoms with E-state index in [0.717, 1.165) is 31.6 Å². The average Bonchev–Trinajstić information content (AvgIpc) is 2.41. The van der Waals surface area contributed by atoms with Gasteiger partial charge in [-0.25, -0.2) is 4.39 Å². The van der Waals surface area contributed by atoms with Crippen LogP contribution in [-0.4, -0.2) is 37.0 Å². The molecule has 2 rings (SSSR count). The minimum atomic E-state index is -0.364. The molecule has 1 fully saturated rings. The number of likely N-dealkylation sites (N-methyl/N-ethyl adjacent to an activating group) is 1. The molecular formula is C15H22FN3O. The van der Waals surface area contributed by atoms with Gasteiger partial charge in [-0.1, -0.05) is 6.07 Å². The second kappa shape index (κ2) is 6.81. The molecule has 0 spiro atoms. The summed E-state index contributed by atoms with van der Waals surface area (Å²) >= 11 is 0. The zero-order valence-corrected chi connectivity index (χ0v) is 11.9. The highest BCUT2D eigenvalue weighted by Crippen LogP contribution is 2.16. The first kappa shape index (κ1) is 14.9. The summed E-state index contributed by atoms with van der Waals surface area (Å²) in [6.45, 7) is 2.32. The number of amidine groups is 1. The normalized spacial score (nSPS) is 19.2. The van der Waals surface area contributed by atoms with Gasteiger partial charge in [0.2, 0.25) is 0 Å². The zero-order valence-electron chi connectivity index (χ0n) is 11.9. The van der Waals surface area contributed by atoms with E-state index in [1.54, 1.807) is 6.07 Å². The van der Waals surface area contributed by atoms with Crippen molar-refractivity contribution in [2.75, 3.05) is 20.2 Å². The Morgan fingerprint density at radius 2 is 2.30 bits per heavy atom. The van der Waals surface area contributed by atoms with Crippen molar-refractivity contribution in [2.45, 2.75) is 31.9 Å². The molecule has 0 bridgehead atoms. The fourth-order valence-corrected chi connectivity index (χ4v) is 2.59. The number of nitrogens with zero attached hydrogens (tertiary/aromatic N) is 1. The monoisotopic (exact) mass is 279 g/mol. The third kappa shape index (κ3) is 4.02. The molecule has 1 aliphatic heterocycles. The maximum atomic E-state index is 13.2. The van der Waals surface area contributed by atoms with Crippen LogP contribution in [0.1, 0.15) is 30.4 Å². The van der Waals surface area contributed by atoms with Gasteiger partial charge in [0, 0.05) is 25.3 Å². The van der Waals surface area contributed by atoms with Crippen LogP contribution in [0.3, 0.4) is 0 Å². The number of nitrogens with two attached hydrogens (primary N) is 1. The van der Waals surface area contributed by atoms with Gasteiger partial charge in [0.15, 0.2) is 0 Å². The average molecular weight is 279 g/mol. The smallest absolute Gasteiger partial charge is 0.123 e. The van der Waals surface area contributed by atoms with Gasteiger partial charge in [0.1, 0.15) is 11.7 Å². The van der Waals surface area contributed by atoms with Crippen LogP contribution in [0.4, 0.5) is 4.39 Å². The van der Waals surface area contributed by atoms with Gasteiger partial charge in [-0.05, 0) is 44.0 Å². The molecule has 1 saturated heterocycles. The van der Waals surface area contributed by atoms with Gasteiger partial charge in [-0.15, -0.1) is 0 Å². The summed E-state index contributed by atoms with van der Waals surface area (Å²) in [6, 6.07) is 4.43. The quantitative estimate of drug-likeness (QED) is 0.641. The highest BCUT2D eigenvalue weighted by Gasteiger charge is 2.17. The molecule has 0 aromatic heterocycles. The number of hydrogen-bond acceptors (Lipinski definition) is 3. The van der Waals surface area contributed by atoms with E-state index in [1.807, 2.05) is 7.05 Å². The maximum Gasteiger partial charge on any atom is 0.123 e. The summed E-state index contributed by atoms with van der Waals surface area (Å²) < 4.78 is 18.9. The van der Waals surface area contributed by atoms with Gasteiger partial charge >= 0.3 is 0 Å². The van der Waals surface area contributed by atoms with Gasteiger partial charge in [0.05, 0.1) is 6.10 Å². The number of ether oxygens (including phenoxy) is 1. The summed E-state index contributed by atoms with van der Waals surface area (Å²) in [7, 11) is 2.01. The Morgan fingerprint density at radius 3 is 2.95 bits per heavy atom. The summed E-state index contributed by atoms with van der Waals surface area (Å²) in [4.78, 5) is 2.13. The van der Waals surface area contributed by atoms with Crippen molar-refractivity contribution >= 4 is 5.84 Å². The van der Waals surface area contributed by atoms with Crippen molar-refractivity contribution in [1.82, 2.24) is 4.90 Å². The zero-order chi connectivity index (χ0) is 14.5. The Morgan fingerprint density at radius 1 is 1.50 bits per heavy atom. The van der Waals surface area contributed by atoms with Crippen LogP contribution in [0, 0.1) is 11.2 Å². The van der Waals surface area contributed by atoms with Crippen molar-refractivity contribution in [1.29, 1.82) is 5.41 Å². The molecule has 1 aromatic rings. The summed E-state index contributed by atoms with van der Waals surface area (Å²) in [6.07, 6.45) is 3.73. The van der Waals surface area contributed by atoms with E-state index in [1.165, 1.54) is 18.6 Å². The van der Waals surface area contributed by atoms with Gasteiger partial charge in [-0.3, -0.25) is 10.3 Å². The summed E-state index contributed by atoms with van der Waals surface area (Å²) in [5, 5.41) is 7.54. The first-order valence-electron chi connectivity index (χ1n) is 6.99. The largest absolute Gasteiger partial charge is 0.384 e. The lowest BCUT2D eigenvalue weighted by Gasteiger charge is -2.27. The van der Waals surface area contributed by atoms with Crippen molar-refractivity contribution in [3.63, 3.8) is 0 Å². The maximum absolute atomic E-state index is 13.2. The number of nitrogens with one attached hydrogen (secondary N) is 1. The number of rotatable bonds is 5. The molecule has 4 nitrogen and oxygen atoms in total. The van der Waals surface area contributed by atoms with Crippen LogP contribution < -0.4 is 5.73 Å². The Bertz CT molecular complexity index is 472. The fourth-order valence-electron chi connectivity index (χ4n) is 2.59. The third-order valence-electron chi connectivity index (χ3n) is 3.59. The fraction of sp³-hybridized carbons (Fsp3) is 0.533. The van der Waals surface area contributed by atoms with E-state index in [-0.39, 0.29) is 17.8 Å². The lowest BCUT2D eigenvalue weighted by molar-refractivity contribution is -0.00260. The molecule has 0 aliphatic carbocycles. The van der Waals surface area contributed by atoms with E-state index in [0.29, 0.717) is 12.1 Å². The molecule has 1 aliphatic rings. The van der Waals surface area contributed by atoms with Crippen LogP contribution in [0.2, 0.25) is 0 Å². The number of nitrogen functional groups attached to an aromatic ring is 1. The molecule has 1 aromatic carbocycles. The van der Waals surface area contributed by atoms with Crippen LogP contribution in [0.15, 0.2) is 18.2 Å². The molecule has 0 amide bonds. The van der Waals surface area contributed by atoms with Gasteiger partial charge in [0.25, 0.3) is 0 Å². The van der Waals surface area contributed by atoms with E-state index in [9.17, 15) is 4.39 Å². The molecule has 20 heavy (non-hydrogen) atoms. The van der Waals surface area contributed by atoms with Crippen LogP contribution in [0.5, 0.6) is 0 Å². The van der Waals surface area contributed by atoms with Gasteiger partial charge in [-0.2, -0.15) is 0 Å². The molecule has 3 N–H and O–H groups in total. The Balaban J connectivity index is 1.99. The number of halogens is 1. The molecule has 5 heteroatoms. The Labute approximate surface area is 119 Å². The Kier molecular flexibility index (Phi) is 5.09. The molecule has 1 heterocycles. The number of hydrogen-bond donors (Lipinski definition) is 2. The first-order chi connectivity index (χ1) is 9.56. The SMILES string of the molecule is CN(Cc1ccc(F)cc1C(=N)N)CC1CCCCO1. The van der Waals surface area contributed by atoms with Crippen LogP contribution in [-0.2, 0) is 11.3 Å². The summed E-state index contributed by atoms with van der Waals surface area (Å²) in [5.41, 5.74) is 6.86. The van der Waals surface area contributed by atoms with Crippen molar-refractivity contribution in [3.8, 4) is 0 Å². The highest BCUT2D eigenvalue weighted by molar-refractivity contribution is 5.96. The van der Waals surface area contributed by atoms with Crippen LogP contribution >= 0.6 is 0 Å². The first-order valence-corrected chi connectivity index (χ1v) is 6.99. The minimum absolute atomic E-state index is 0.0955. The molecular weight excluding hydrogens is 257 g/mol. The molecule has 0 saturated carbocycles. The highest BCUT2D eigenvalue weighted by atomic mass is 19.1. The molecule has 0 radical (unpaired) electrons. The standard InChI is InChI=1S/C15H22FN3O/c1-19(10-13-4-2-3-7-20-13)9-11-5-6-12(16)8-14(11)15(17)18/h5-6,8,13H,2-4,7,9-10H2,1H3,(H3,17,18). The Hall–Kier alpha value is -1.46.